The van der Waals surface area contributed by atoms with Crippen LogP contribution in [0.2, 0.25) is 0 Å². The number of likely N-dealkylation sites (tertiary alicyclic amines) is 1. The summed E-state index contributed by atoms with van der Waals surface area (Å²) in [5.74, 6) is -0.273. The van der Waals surface area contributed by atoms with Crippen molar-refractivity contribution >= 4 is 11.9 Å². The van der Waals surface area contributed by atoms with Gasteiger partial charge < -0.3 is 14.7 Å². The molecule has 2 unspecified atom stereocenters. The van der Waals surface area contributed by atoms with Crippen molar-refractivity contribution in [2.24, 2.45) is 11.3 Å². The summed E-state index contributed by atoms with van der Waals surface area (Å²) in [6, 6.07) is 7.53. The lowest BCUT2D eigenvalue weighted by molar-refractivity contribution is -0.151. The van der Waals surface area contributed by atoms with Gasteiger partial charge in [0.25, 0.3) is 0 Å². The third-order valence-electron chi connectivity index (χ3n) is 5.37. The molecule has 1 aliphatic rings. The summed E-state index contributed by atoms with van der Waals surface area (Å²) in [6.45, 7) is 6.63. The number of aliphatic carboxylic acids is 1. The minimum atomic E-state index is -0.826. The Morgan fingerprint density at radius 2 is 1.92 bits per heavy atom. The van der Waals surface area contributed by atoms with E-state index in [1.165, 1.54) is 0 Å². The smallest absolute Gasteiger partial charge is 0.311 e. The molecular formula is C19H27NO4. The summed E-state index contributed by atoms with van der Waals surface area (Å²) in [5.41, 5.74) is 0.120. The van der Waals surface area contributed by atoms with E-state index in [-0.39, 0.29) is 17.7 Å². The highest BCUT2D eigenvalue weighted by molar-refractivity contribution is 5.85. The number of nitrogens with zero attached hydrogens (tertiary/aromatic N) is 1. The van der Waals surface area contributed by atoms with Crippen LogP contribution in [-0.2, 0) is 9.59 Å². The lowest BCUT2D eigenvalue weighted by Crippen LogP contribution is -2.41. The molecule has 0 saturated carbocycles. The van der Waals surface area contributed by atoms with Crippen molar-refractivity contribution in [1.82, 2.24) is 4.90 Å². The number of ether oxygens (including phenoxy) is 1. The van der Waals surface area contributed by atoms with Gasteiger partial charge in [0.05, 0.1) is 18.4 Å². The van der Waals surface area contributed by atoms with Crippen LogP contribution in [0.1, 0.15) is 45.1 Å². The van der Waals surface area contributed by atoms with Crippen LogP contribution in [0.25, 0.3) is 0 Å². The standard InChI is InChI=1S/C19H27NO4/c1-5-16(14-6-8-15(24-4)9-7-14)17(21)20-11-10-19(12-20,13(2)3)18(22)23/h6-9,13,16H,5,10-12H2,1-4H3,(H,22,23). The van der Waals surface area contributed by atoms with E-state index in [2.05, 4.69) is 0 Å². The minimum Gasteiger partial charge on any atom is -0.497 e. The third kappa shape index (κ3) is 3.25. The molecule has 0 aliphatic carbocycles. The van der Waals surface area contributed by atoms with E-state index in [1.54, 1.807) is 12.0 Å². The Labute approximate surface area is 143 Å². The van der Waals surface area contributed by atoms with Crippen LogP contribution in [0, 0.1) is 11.3 Å². The van der Waals surface area contributed by atoms with Crippen molar-refractivity contribution in [3.05, 3.63) is 29.8 Å². The Bertz CT molecular complexity index is 596. The van der Waals surface area contributed by atoms with Gasteiger partial charge in [0.2, 0.25) is 5.91 Å². The van der Waals surface area contributed by atoms with Crippen molar-refractivity contribution in [1.29, 1.82) is 0 Å². The Morgan fingerprint density at radius 1 is 1.29 bits per heavy atom. The van der Waals surface area contributed by atoms with Gasteiger partial charge in [-0.25, -0.2) is 0 Å². The highest BCUT2D eigenvalue weighted by Gasteiger charge is 2.49. The fourth-order valence-electron chi connectivity index (χ4n) is 3.52. The summed E-state index contributed by atoms with van der Waals surface area (Å²) in [5, 5.41) is 9.65. The normalized spacial score (nSPS) is 21.8. The van der Waals surface area contributed by atoms with Crippen molar-refractivity contribution in [2.45, 2.75) is 39.5 Å². The van der Waals surface area contributed by atoms with Crippen LogP contribution in [0.3, 0.4) is 0 Å². The highest BCUT2D eigenvalue weighted by Crippen LogP contribution is 2.39. The molecule has 1 aromatic rings. The Morgan fingerprint density at radius 3 is 2.33 bits per heavy atom. The van der Waals surface area contributed by atoms with E-state index in [0.717, 1.165) is 11.3 Å². The first-order valence-corrected chi connectivity index (χ1v) is 8.51. The molecule has 2 atom stereocenters. The average molecular weight is 333 g/mol. The zero-order chi connectivity index (χ0) is 17.9. The van der Waals surface area contributed by atoms with E-state index >= 15 is 0 Å². The molecule has 1 saturated heterocycles. The Balaban J connectivity index is 2.18. The molecule has 1 aromatic carbocycles. The highest BCUT2D eigenvalue weighted by atomic mass is 16.5. The monoisotopic (exact) mass is 333 g/mol. The van der Waals surface area contributed by atoms with Gasteiger partial charge in [0.1, 0.15) is 5.75 Å². The van der Waals surface area contributed by atoms with E-state index in [0.29, 0.717) is 25.9 Å². The number of amides is 1. The molecular weight excluding hydrogens is 306 g/mol. The molecule has 0 spiro atoms. The van der Waals surface area contributed by atoms with Crippen LogP contribution in [0.15, 0.2) is 24.3 Å². The van der Waals surface area contributed by atoms with E-state index in [1.807, 2.05) is 45.0 Å². The predicted molar refractivity (Wildman–Crippen MR) is 92.1 cm³/mol. The fourth-order valence-corrected chi connectivity index (χ4v) is 3.52. The number of carbonyl (C=O) groups is 2. The van der Waals surface area contributed by atoms with Crippen molar-refractivity contribution in [2.75, 3.05) is 20.2 Å². The van der Waals surface area contributed by atoms with E-state index in [9.17, 15) is 14.7 Å². The van der Waals surface area contributed by atoms with E-state index < -0.39 is 11.4 Å². The second-order valence-electron chi connectivity index (χ2n) is 6.86. The van der Waals surface area contributed by atoms with Crippen LogP contribution < -0.4 is 4.74 Å². The number of hydrogen-bond acceptors (Lipinski definition) is 3. The van der Waals surface area contributed by atoms with Gasteiger partial charge in [-0.05, 0) is 36.5 Å². The lowest BCUT2D eigenvalue weighted by Gasteiger charge is -2.29. The van der Waals surface area contributed by atoms with Gasteiger partial charge in [-0.1, -0.05) is 32.9 Å². The number of carbonyl (C=O) groups excluding carboxylic acids is 1. The van der Waals surface area contributed by atoms with Crippen molar-refractivity contribution in [3.8, 4) is 5.75 Å². The SMILES string of the molecule is CCC(C(=O)N1CCC(C(=O)O)(C(C)C)C1)c1ccc(OC)cc1. The molecule has 0 radical (unpaired) electrons. The van der Waals surface area contributed by atoms with Gasteiger partial charge in [0.15, 0.2) is 0 Å². The fraction of sp³-hybridized carbons (Fsp3) is 0.579. The number of carboxylic acid groups (broad SMARTS) is 1. The molecule has 1 amide bonds. The first kappa shape index (κ1) is 18.3. The largest absolute Gasteiger partial charge is 0.497 e. The van der Waals surface area contributed by atoms with E-state index in [4.69, 9.17) is 4.74 Å². The topological polar surface area (TPSA) is 66.8 Å². The van der Waals surface area contributed by atoms with Crippen LogP contribution in [0.5, 0.6) is 5.75 Å². The summed E-state index contributed by atoms with van der Waals surface area (Å²) >= 11 is 0. The summed E-state index contributed by atoms with van der Waals surface area (Å²) in [7, 11) is 1.61. The molecule has 1 fully saturated rings. The zero-order valence-corrected chi connectivity index (χ0v) is 14.9. The second-order valence-corrected chi connectivity index (χ2v) is 6.86. The molecule has 132 valence electrons. The molecule has 1 aliphatic heterocycles. The predicted octanol–water partition coefficient (Wildman–Crippen LogP) is 3.15. The Kier molecular flexibility index (Phi) is 5.52. The summed E-state index contributed by atoms with van der Waals surface area (Å²) < 4.78 is 5.16. The second kappa shape index (κ2) is 7.24. The molecule has 24 heavy (non-hydrogen) atoms. The van der Waals surface area contributed by atoms with Crippen LogP contribution in [-0.4, -0.2) is 42.1 Å². The van der Waals surface area contributed by atoms with Crippen LogP contribution in [0.4, 0.5) is 0 Å². The minimum absolute atomic E-state index is 0.00568. The molecule has 5 nitrogen and oxygen atoms in total. The summed E-state index contributed by atoms with van der Waals surface area (Å²) in [4.78, 5) is 26.5. The molecule has 2 rings (SSSR count). The molecule has 1 N–H and O–H groups in total. The Hall–Kier alpha value is -2.04. The number of methoxy groups -OCH3 is 1. The molecule has 5 heteroatoms. The molecule has 1 heterocycles. The van der Waals surface area contributed by atoms with Gasteiger partial charge in [0, 0.05) is 13.1 Å². The number of carboxylic acids is 1. The summed E-state index contributed by atoms with van der Waals surface area (Å²) in [6.07, 6.45) is 1.20. The maximum atomic E-state index is 13.0. The number of hydrogen-bond donors (Lipinski definition) is 1. The first-order chi connectivity index (χ1) is 11.4. The zero-order valence-electron chi connectivity index (χ0n) is 14.9. The molecule has 0 bridgehead atoms. The van der Waals surface area contributed by atoms with Crippen LogP contribution >= 0.6 is 0 Å². The van der Waals surface area contributed by atoms with Gasteiger partial charge >= 0.3 is 5.97 Å². The van der Waals surface area contributed by atoms with Gasteiger partial charge in [-0.2, -0.15) is 0 Å². The van der Waals surface area contributed by atoms with Gasteiger partial charge in [-0.15, -0.1) is 0 Å². The molecule has 0 aromatic heterocycles. The van der Waals surface area contributed by atoms with Crippen molar-refractivity contribution in [3.63, 3.8) is 0 Å². The number of rotatable bonds is 6. The third-order valence-corrected chi connectivity index (χ3v) is 5.37. The first-order valence-electron chi connectivity index (χ1n) is 8.51. The maximum absolute atomic E-state index is 13.0. The maximum Gasteiger partial charge on any atom is 0.311 e. The van der Waals surface area contributed by atoms with Crippen molar-refractivity contribution < 1.29 is 19.4 Å². The average Bonchev–Trinajstić information content (AvgIpc) is 3.03. The lowest BCUT2D eigenvalue weighted by atomic mass is 9.76. The number of benzene rings is 1. The van der Waals surface area contributed by atoms with Gasteiger partial charge in [-0.3, -0.25) is 9.59 Å². The quantitative estimate of drug-likeness (QED) is 0.868.